The first-order valence-electron chi connectivity index (χ1n) is 15.2. The van der Waals surface area contributed by atoms with Crippen molar-refractivity contribution >= 4 is 52.4 Å². The van der Waals surface area contributed by atoms with E-state index in [9.17, 15) is 44.1 Å². The molecule has 3 aromatic rings. The average molecular weight is 719 g/mol. The molecule has 0 saturated carbocycles. The number of nitrogens with zero attached hydrogens (tertiary/aromatic N) is 1. The lowest BCUT2D eigenvalue weighted by Crippen LogP contribution is -2.60. The Morgan fingerprint density at radius 2 is 1.86 bits per heavy atom. The van der Waals surface area contributed by atoms with Crippen LogP contribution in [0.15, 0.2) is 75.4 Å². The van der Waals surface area contributed by atoms with Gasteiger partial charge in [-0.2, -0.15) is 0 Å². The van der Waals surface area contributed by atoms with Crippen LogP contribution in [-0.2, 0) is 19.2 Å². The van der Waals surface area contributed by atoms with Gasteiger partial charge in [0.05, 0.1) is 34.4 Å². The summed E-state index contributed by atoms with van der Waals surface area (Å²) in [5.74, 6) is -4.57. The molecule has 3 amide bonds. The maximum absolute atomic E-state index is 13.3. The van der Waals surface area contributed by atoms with Crippen LogP contribution in [-0.4, -0.2) is 74.2 Å². The number of aryl methyl sites for hydroxylation is 1. The number of phenols is 2. The fourth-order valence-corrected chi connectivity index (χ4v) is 6.52. The van der Waals surface area contributed by atoms with Crippen LogP contribution in [0.1, 0.15) is 34.6 Å². The second-order valence-corrected chi connectivity index (χ2v) is 12.4. The number of ether oxygens (including phenoxy) is 1. The number of dihydropyridines is 1. The molecule has 51 heavy (non-hydrogen) atoms. The zero-order valence-electron chi connectivity index (χ0n) is 26.9. The summed E-state index contributed by atoms with van der Waals surface area (Å²) in [5, 5.41) is 47.1. The molecule has 6 N–H and O–H groups in total. The standard InChI is InChI=1S/C26H21N3O9.C8H9NO3S/c1-13-20(22(33)17-6-7-18(30)23(34)24(17)38-13)25(35)29-21(26(36)28-15-8-10-27-11-9-15)14-2-4-16(5-3-14)37-12-19(31)32;1-4-6(10)9-5(8(11)12)2-3-13-7(4)9/h2-8,11,21,27H,10,12H2,1H3,(H4-,28,29,30,31,32,33,34,35,36);2,4,7H,3H2,1H3,(H,11,12)/t;4-,7+/m.1/s1. The lowest BCUT2D eigenvalue weighted by Gasteiger charge is -2.48. The summed E-state index contributed by atoms with van der Waals surface area (Å²) in [6.07, 6.45) is 7.54. The van der Waals surface area contributed by atoms with Crippen LogP contribution >= 0.6 is 11.8 Å². The SMILES string of the molecule is C[C@@H]1C(=O)N2C(C(=O)[O-])=CCS[C@@H]12.Cc1oc2c(O)c(O)ccc2c(=O)c1C(=O)NC(C(=O)NC1=CCNC=[C+]1)c1ccc(OCC(=O)O)cc1. The highest BCUT2D eigenvalue weighted by Gasteiger charge is 2.47. The quantitative estimate of drug-likeness (QED) is 0.100. The number of phenolic OH excluding ortho intramolecular Hbond substituents is 2. The van der Waals surface area contributed by atoms with E-state index in [-0.39, 0.29) is 45.4 Å². The number of benzene rings is 2. The van der Waals surface area contributed by atoms with Gasteiger partial charge < -0.3 is 45.0 Å². The van der Waals surface area contributed by atoms with Crippen LogP contribution in [0.4, 0.5) is 0 Å². The topological polar surface area (TPSA) is 248 Å². The molecular weight excluding hydrogens is 688 g/mol. The third kappa shape index (κ3) is 7.64. The first kappa shape index (κ1) is 36.0. The molecule has 3 aliphatic heterocycles. The lowest BCUT2D eigenvalue weighted by atomic mass is 9.99. The number of β-lactam (4-membered cyclic amide) rings is 1. The largest absolute Gasteiger partial charge is 0.543 e. The van der Waals surface area contributed by atoms with Gasteiger partial charge in [-0.25, -0.2) is 4.79 Å². The Morgan fingerprint density at radius 3 is 2.51 bits per heavy atom. The maximum Gasteiger partial charge on any atom is 0.341 e. The molecule has 0 spiro atoms. The highest BCUT2D eigenvalue weighted by atomic mass is 32.2. The molecule has 1 unspecified atom stereocenters. The van der Waals surface area contributed by atoms with E-state index in [4.69, 9.17) is 14.3 Å². The van der Waals surface area contributed by atoms with Crippen molar-refractivity contribution in [1.82, 2.24) is 20.9 Å². The molecule has 16 nitrogen and oxygen atoms in total. The molecule has 3 aliphatic rings. The lowest BCUT2D eigenvalue weighted by molar-refractivity contribution is -0.301. The third-order valence-corrected chi connectivity index (χ3v) is 9.18. The summed E-state index contributed by atoms with van der Waals surface area (Å²) >= 11 is 1.58. The minimum absolute atomic E-state index is 0.00500. The Hall–Kier alpha value is -6.32. The number of aliphatic carboxylic acids is 2. The monoisotopic (exact) mass is 718 g/mol. The Morgan fingerprint density at radius 1 is 1.14 bits per heavy atom. The second kappa shape index (κ2) is 15.1. The number of carbonyl (C=O) groups excluding carboxylic acids is 4. The Bertz CT molecular complexity index is 2070. The van der Waals surface area contributed by atoms with Crippen molar-refractivity contribution in [3.63, 3.8) is 0 Å². The zero-order chi connectivity index (χ0) is 37.0. The van der Waals surface area contributed by atoms with Crippen molar-refractivity contribution in [2.45, 2.75) is 25.3 Å². The molecule has 1 aromatic heterocycles. The second-order valence-electron chi connectivity index (χ2n) is 11.2. The number of allylic oxidation sites excluding steroid dienone is 1. The van der Waals surface area contributed by atoms with Gasteiger partial charge in [0.1, 0.15) is 41.9 Å². The highest BCUT2D eigenvalue weighted by molar-refractivity contribution is 8.00. The maximum atomic E-state index is 13.3. The van der Waals surface area contributed by atoms with Crippen molar-refractivity contribution in [2.75, 3.05) is 18.9 Å². The number of thioether (sulfide) groups is 1. The number of hydrogen-bond donors (Lipinski definition) is 6. The number of rotatable bonds is 9. The van der Waals surface area contributed by atoms with Crippen molar-refractivity contribution in [2.24, 2.45) is 5.92 Å². The van der Waals surface area contributed by atoms with Gasteiger partial charge in [-0.15, -0.1) is 11.8 Å². The molecule has 0 bridgehead atoms. The van der Waals surface area contributed by atoms with Crippen LogP contribution in [0.3, 0.4) is 0 Å². The number of carboxylic acid groups (broad SMARTS) is 2. The number of amides is 3. The molecule has 4 heterocycles. The molecule has 0 aliphatic carbocycles. The van der Waals surface area contributed by atoms with Crippen molar-refractivity contribution in [3.8, 4) is 17.2 Å². The molecule has 6 rings (SSSR count). The van der Waals surface area contributed by atoms with E-state index in [2.05, 4.69) is 22.0 Å². The predicted octanol–water partition coefficient (Wildman–Crippen LogP) is 0.539. The van der Waals surface area contributed by atoms with Gasteiger partial charge in [-0.1, -0.05) is 19.1 Å². The van der Waals surface area contributed by atoms with Crippen LogP contribution in [0.25, 0.3) is 11.0 Å². The van der Waals surface area contributed by atoms with Crippen molar-refractivity contribution < 1.29 is 53.6 Å². The van der Waals surface area contributed by atoms with Gasteiger partial charge in [0.15, 0.2) is 17.9 Å². The van der Waals surface area contributed by atoms with E-state index in [0.29, 0.717) is 23.6 Å². The van der Waals surface area contributed by atoms with Gasteiger partial charge >= 0.3 is 5.97 Å². The van der Waals surface area contributed by atoms with E-state index < -0.39 is 58.9 Å². The van der Waals surface area contributed by atoms with Gasteiger partial charge in [-0.05, 0) is 42.8 Å². The summed E-state index contributed by atoms with van der Waals surface area (Å²) in [6, 6.07) is 6.81. The average Bonchev–Trinajstić information content (AvgIpc) is 3.11. The van der Waals surface area contributed by atoms with Crippen LogP contribution in [0.5, 0.6) is 17.2 Å². The summed E-state index contributed by atoms with van der Waals surface area (Å²) in [7, 11) is 0. The smallest absolute Gasteiger partial charge is 0.341 e. The first-order chi connectivity index (χ1) is 24.3. The number of carboxylic acids is 2. The van der Waals surface area contributed by atoms with Crippen molar-refractivity contribution in [1.29, 1.82) is 0 Å². The van der Waals surface area contributed by atoms with E-state index in [0.717, 1.165) is 6.07 Å². The van der Waals surface area contributed by atoms with E-state index in [1.165, 1.54) is 54.4 Å². The summed E-state index contributed by atoms with van der Waals surface area (Å²) in [4.78, 5) is 73.6. The molecule has 0 radical (unpaired) electrons. The Balaban J connectivity index is 0.000000323. The molecule has 1 saturated heterocycles. The number of hydrogen-bond acceptors (Lipinski definition) is 13. The summed E-state index contributed by atoms with van der Waals surface area (Å²) < 4.78 is 10.6. The number of aromatic hydroxyl groups is 2. The molecule has 3 atom stereocenters. The molecule has 1 fully saturated rings. The third-order valence-electron chi connectivity index (χ3n) is 7.86. The zero-order valence-corrected chi connectivity index (χ0v) is 27.7. The van der Waals surface area contributed by atoms with E-state index >= 15 is 0 Å². The van der Waals surface area contributed by atoms with Crippen molar-refractivity contribution in [3.05, 3.63) is 99.3 Å². The van der Waals surface area contributed by atoms with Gasteiger partial charge in [0, 0.05) is 5.75 Å². The van der Waals surface area contributed by atoms with Gasteiger partial charge in [-0.3, -0.25) is 29.4 Å². The number of fused-ring (bicyclic) bond motifs is 2. The Kier molecular flexibility index (Phi) is 10.6. The normalized spacial score (nSPS) is 17.8. The number of carbonyl (C=O) groups is 5. The summed E-state index contributed by atoms with van der Waals surface area (Å²) in [6.45, 7) is 3.04. The van der Waals surface area contributed by atoms with E-state index in [1.807, 2.05) is 6.92 Å². The molecule has 2 aromatic carbocycles. The molecule has 264 valence electrons. The highest BCUT2D eigenvalue weighted by Crippen LogP contribution is 2.40. The van der Waals surface area contributed by atoms with Crippen LogP contribution < -0.4 is 31.2 Å². The molecule has 17 heteroatoms. The first-order valence-corrected chi connectivity index (χ1v) is 16.3. The fourth-order valence-electron chi connectivity index (χ4n) is 5.30. The molecular formula is C34H30N4O12S. The van der Waals surface area contributed by atoms with Gasteiger partial charge in [0.2, 0.25) is 17.1 Å². The van der Waals surface area contributed by atoms with Crippen LogP contribution in [0, 0.1) is 18.9 Å². The summed E-state index contributed by atoms with van der Waals surface area (Å²) in [5.41, 5.74) is -0.740. The Labute approximate surface area is 293 Å². The van der Waals surface area contributed by atoms with E-state index in [1.54, 1.807) is 17.8 Å². The minimum atomic E-state index is -1.30. The minimum Gasteiger partial charge on any atom is -0.543 e. The number of nitrogens with one attached hydrogen (secondary N) is 3. The van der Waals surface area contributed by atoms with Gasteiger partial charge in [0.25, 0.3) is 17.5 Å². The fraction of sp³-hybridized carbons (Fsp3) is 0.235. The van der Waals surface area contributed by atoms with Crippen LogP contribution in [0.2, 0.25) is 0 Å². The predicted molar refractivity (Wildman–Crippen MR) is 178 cm³/mol.